The maximum absolute atomic E-state index is 6.47. The van der Waals surface area contributed by atoms with Gasteiger partial charge in [0.2, 0.25) is 0 Å². The maximum Gasteiger partial charge on any atom is 0.174 e. The highest BCUT2D eigenvalue weighted by Gasteiger charge is 2.42. The van der Waals surface area contributed by atoms with Crippen LogP contribution in [0.15, 0.2) is 85.3 Å². The van der Waals surface area contributed by atoms with Gasteiger partial charge in [-0.15, -0.1) is 0 Å². The van der Waals surface area contributed by atoms with Crippen LogP contribution >= 0.6 is 23.8 Å². The van der Waals surface area contributed by atoms with Crippen LogP contribution in [0.3, 0.4) is 0 Å². The average molecular weight is 462 g/mol. The molecule has 0 radical (unpaired) electrons. The number of hydrogen-bond donors (Lipinski definition) is 1. The molecule has 2 atom stereocenters. The quantitative estimate of drug-likeness (QED) is 0.417. The van der Waals surface area contributed by atoms with Crippen molar-refractivity contribution in [2.24, 2.45) is 0 Å². The molecule has 1 aliphatic rings. The Morgan fingerprint density at radius 3 is 2.50 bits per heavy atom. The number of pyridine rings is 2. The van der Waals surface area contributed by atoms with Crippen LogP contribution in [0.2, 0.25) is 5.02 Å². The van der Waals surface area contributed by atoms with Crippen LogP contribution in [0.4, 0.5) is 5.69 Å². The van der Waals surface area contributed by atoms with Crippen molar-refractivity contribution in [3.8, 4) is 11.6 Å². The van der Waals surface area contributed by atoms with Crippen LogP contribution in [-0.4, -0.2) is 26.8 Å². The number of halogens is 1. The van der Waals surface area contributed by atoms with Crippen LogP contribution in [0.25, 0.3) is 5.82 Å². The minimum atomic E-state index is -0.182. The second-order valence-corrected chi connectivity index (χ2v) is 8.10. The molecule has 6 nitrogen and oxygen atoms in total. The Hall–Kier alpha value is -3.42. The fourth-order valence-corrected chi connectivity index (χ4v) is 4.68. The van der Waals surface area contributed by atoms with Crippen molar-refractivity contribution in [1.29, 1.82) is 0 Å². The van der Waals surface area contributed by atoms with E-state index >= 15 is 0 Å². The lowest BCUT2D eigenvalue weighted by Gasteiger charge is -2.29. The molecule has 0 saturated carbocycles. The van der Waals surface area contributed by atoms with Gasteiger partial charge >= 0.3 is 0 Å². The zero-order chi connectivity index (χ0) is 22.1. The number of benzene rings is 1. The minimum absolute atomic E-state index is 0.165. The highest BCUT2D eigenvalue weighted by atomic mass is 35.5. The zero-order valence-corrected chi connectivity index (χ0v) is 18.8. The van der Waals surface area contributed by atoms with Crippen molar-refractivity contribution >= 4 is 34.6 Å². The molecular weight excluding hydrogens is 442 g/mol. The van der Waals surface area contributed by atoms with E-state index in [-0.39, 0.29) is 12.1 Å². The molecule has 0 aliphatic carbocycles. The number of rotatable bonds is 5. The molecule has 0 amide bonds. The van der Waals surface area contributed by atoms with Gasteiger partial charge in [-0.2, -0.15) is 0 Å². The normalized spacial score (nSPS) is 17.9. The topological polar surface area (TPSA) is 55.2 Å². The first-order valence-corrected chi connectivity index (χ1v) is 10.9. The van der Waals surface area contributed by atoms with Crippen LogP contribution < -0.4 is 15.0 Å². The first-order chi connectivity index (χ1) is 15.7. The molecule has 3 aromatic heterocycles. The molecule has 0 bridgehead atoms. The largest absolute Gasteiger partial charge is 0.495 e. The van der Waals surface area contributed by atoms with E-state index in [0.717, 1.165) is 22.9 Å². The summed E-state index contributed by atoms with van der Waals surface area (Å²) >= 11 is 12.3. The summed E-state index contributed by atoms with van der Waals surface area (Å²) in [5.74, 6) is 1.45. The predicted octanol–water partition coefficient (Wildman–Crippen LogP) is 5.11. The van der Waals surface area contributed by atoms with Crippen LogP contribution in [-0.2, 0) is 0 Å². The second-order valence-electron chi connectivity index (χ2n) is 7.31. The van der Waals surface area contributed by atoms with Gasteiger partial charge in [0, 0.05) is 30.0 Å². The summed E-state index contributed by atoms with van der Waals surface area (Å²) in [5.41, 5.74) is 2.79. The molecule has 1 fully saturated rings. The average Bonchev–Trinajstić information content (AvgIpc) is 3.44. The van der Waals surface area contributed by atoms with Gasteiger partial charge in [0.1, 0.15) is 17.6 Å². The van der Waals surface area contributed by atoms with Crippen molar-refractivity contribution in [2.45, 2.75) is 12.1 Å². The third-order valence-corrected chi connectivity index (χ3v) is 6.10. The minimum Gasteiger partial charge on any atom is -0.495 e. The molecule has 4 heterocycles. The van der Waals surface area contributed by atoms with E-state index in [2.05, 4.69) is 30.8 Å². The molecule has 1 N–H and O–H groups in total. The van der Waals surface area contributed by atoms with E-state index in [1.807, 2.05) is 66.9 Å². The molecule has 8 heteroatoms. The molecule has 1 aromatic carbocycles. The number of thiocarbonyl (C=S) groups is 1. The summed E-state index contributed by atoms with van der Waals surface area (Å²) in [6.45, 7) is 0. The van der Waals surface area contributed by atoms with Gasteiger partial charge in [0.25, 0.3) is 0 Å². The molecule has 4 aromatic rings. The molecule has 0 spiro atoms. The zero-order valence-electron chi connectivity index (χ0n) is 17.2. The number of nitrogens with one attached hydrogen (secondary N) is 1. The molecule has 0 unspecified atom stereocenters. The van der Waals surface area contributed by atoms with Gasteiger partial charge in [-0.25, -0.2) is 4.98 Å². The lowest BCUT2D eigenvalue weighted by atomic mass is 10.0. The third-order valence-electron chi connectivity index (χ3n) is 5.49. The number of nitrogens with zero attached hydrogens (tertiary/aromatic N) is 4. The summed E-state index contributed by atoms with van der Waals surface area (Å²) in [5, 5.41) is 4.59. The molecule has 1 saturated heterocycles. The van der Waals surface area contributed by atoms with E-state index in [1.165, 1.54) is 0 Å². The van der Waals surface area contributed by atoms with Gasteiger partial charge in [0.05, 0.1) is 23.9 Å². The fourth-order valence-electron chi connectivity index (χ4n) is 4.08. The summed E-state index contributed by atoms with van der Waals surface area (Å²) in [7, 11) is 1.60. The van der Waals surface area contributed by atoms with Crippen LogP contribution in [0, 0.1) is 0 Å². The summed E-state index contributed by atoms with van der Waals surface area (Å²) < 4.78 is 7.41. The Balaban J connectivity index is 1.66. The van der Waals surface area contributed by atoms with Crippen molar-refractivity contribution in [3.63, 3.8) is 0 Å². The Bertz CT molecular complexity index is 1250. The second kappa shape index (κ2) is 8.61. The summed E-state index contributed by atoms with van der Waals surface area (Å²) in [6.07, 6.45) is 5.59. The number of methoxy groups -OCH3 is 1. The standard InChI is InChI=1S/C24H20ClN5OS/c1-31-20-11-10-16(15-17(20)25)30-23(22(28-24(30)32)18-7-2-4-12-26-18)19-8-6-14-29(19)21-9-3-5-13-27-21/h2-15,22-23H,1H3,(H,28,32)/t22-,23+/m0/s1. The van der Waals surface area contributed by atoms with E-state index in [9.17, 15) is 0 Å². The highest BCUT2D eigenvalue weighted by Crippen LogP contribution is 2.43. The Labute approximate surface area is 196 Å². The molecule has 160 valence electrons. The van der Waals surface area contributed by atoms with Gasteiger partial charge in [-0.3, -0.25) is 4.98 Å². The fraction of sp³-hybridized carbons (Fsp3) is 0.125. The maximum atomic E-state index is 6.47. The van der Waals surface area contributed by atoms with E-state index in [1.54, 1.807) is 19.5 Å². The Morgan fingerprint density at radius 1 is 1.00 bits per heavy atom. The van der Waals surface area contributed by atoms with Gasteiger partial charge in [-0.05, 0) is 66.8 Å². The molecule has 5 rings (SSSR count). The van der Waals surface area contributed by atoms with E-state index in [0.29, 0.717) is 15.9 Å². The Morgan fingerprint density at radius 2 is 1.81 bits per heavy atom. The first-order valence-electron chi connectivity index (χ1n) is 10.1. The first kappa shape index (κ1) is 20.5. The van der Waals surface area contributed by atoms with Gasteiger partial charge in [0.15, 0.2) is 5.11 Å². The highest BCUT2D eigenvalue weighted by molar-refractivity contribution is 7.80. The smallest absolute Gasteiger partial charge is 0.174 e. The summed E-state index contributed by atoms with van der Waals surface area (Å²) in [4.78, 5) is 11.2. The number of hydrogen-bond acceptors (Lipinski definition) is 4. The van der Waals surface area contributed by atoms with E-state index in [4.69, 9.17) is 28.6 Å². The van der Waals surface area contributed by atoms with Crippen LogP contribution in [0.5, 0.6) is 5.75 Å². The van der Waals surface area contributed by atoms with E-state index < -0.39 is 0 Å². The SMILES string of the molecule is COc1ccc(N2C(=S)N[C@@H](c3ccccn3)[C@H]2c2cccn2-c2ccccn2)cc1Cl. The lowest BCUT2D eigenvalue weighted by molar-refractivity contribution is 0.415. The number of aromatic nitrogens is 3. The van der Waals surface area contributed by atoms with Crippen LogP contribution in [0.1, 0.15) is 23.5 Å². The Kier molecular flexibility index (Phi) is 5.51. The molecule has 32 heavy (non-hydrogen) atoms. The van der Waals surface area contributed by atoms with Crippen molar-refractivity contribution < 1.29 is 4.74 Å². The van der Waals surface area contributed by atoms with Gasteiger partial charge < -0.3 is 19.5 Å². The monoisotopic (exact) mass is 461 g/mol. The lowest BCUT2D eigenvalue weighted by Crippen LogP contribution is -2.30. The van der Waals surface area contributed by atoms with Crippen molar-refractivity contribution in [3.05, 3.63) is 102 Å². The number of ether oxygens (including phenoxy) is 1. The van der Waals surface area contributed by atoms with Crippen molar-refractivity contribution in [2.75, 3.05) is 12.0 Å². The molecule has 1 aliphatic heterocycles. The third kappa shape index (κ3) is 3.59. The summed E-state index contributed by atoms with van der Waals surface area (Å²) in [6, 6.07) is 21.2. The van der Waals surface area contributed by atoms with Crippen molar-refractivity contribution in [1.82, 2.24) is 19.9 Å². The predicted molar refractivity (Wildman–Crippen MR) is 129 cm³/mol. The molecular formula is C24H20ClN5OS. The van der Waals surface area contributed by atoms with Gasteiger partial charge in [-0.1, -0.05) is 23.7 Å². The number of anilines is 1.